The molecule has 2 aromatic rings. The van der Waals surface area contributed by atoms with Gasteiger partial charge in [0.1, 0.15) is 17.5 Å². The number of aromatic nitrogens is 2. The highest BCUT2D eigenvalue weighted by atomic mass is 35.5. The van der Waals surface area contributed by atoms with Gasteiger partial charge < -0.3 is 10.2 Å². The van der Waals surface area contributed by atoms with Gasteiger partial charge >= 0.3 is 0 Å². The summed E-state index contributed by atoms with van der Waals surface area (Å²) in [5.41, 5.74) is 3.59. The molecule has 106 valence electrons. The molecule has 7 heteroatoms. The van der Waals surface area contributed by atoms with Gasteiger partial charge in [0.2, 0.25) is 0 Å². The summed E-state index contributed by atoms with van der Waals surface area (Å²) in [7, 11) is 1.60. The van der Waals surface area contributed by atoms with Gasteiger partial charge in [0.15, 0.2) is 5.82 Å². The molecule has 0 spiro atoms. The Balaban J connectivity index is 2.12. The van der Waals surface area contributed by atoms with E-state index in [2.05, 4.69) is 15.4 Å². The van der Waals surface area contributed by atoms with Gasteiger partial charge in [-0.1, -0.05) is 29.8 Å². The molecule has 0 saturated carbocycles. The Morgan fingerprint density at radius 1 is 1.35 bits per heavy atom. The van der Waals surface area contributed by atoms with Gasteiger partial charge in [-0.2, -0.15) is 0 Å². The van der Waals surface area contributed by atoms with Gasteiger partial charge in [-0.25, -0.2) is 15.8 Å². The van der Waals surface area contributed by atoms with Crippen LogP contribution < -0.4 is 11.3 Å². The van der Waals surface area contributed by atoms with Crippen LogP contribution in [0.4, 0.5) is 5.82 Å². The number of nitrogens with one attached hydrogen (secondary N) is 1. The van der Waals surface area contributed by atoms with Gasteiger partial charge in [0.05, 0.1) is 0 Å². The predicted molar refractivity (Wildman–Crippen MR) is 81.6 cm³/mol. The second-order valence-electron chi connectivity index (χ2n) is 3.97. The van der Waals surface area contributed by atoms with Crippen molar-refractivity contribution in [2.24, 2.45) is 5.84 Å². The summed E-state index contributed by atoms with van der Waals surface area (Å²) in [6.07, 6.45) is 0. The van der Waals surface area contributed by atoms with Crippen molar-refractivity contribution in [3.05, 3.63) is 46.7 Å². The van der Waals surface area contributed by atoms with Crippen LogP contribution >= 0.6 is 23.4 Å². The number of nitrogens with two attached hydrogens (primary N) is 1. The molecule has 0 bridgehead atoms. The number of nitrogen functional groups attached to an aromatic ring is 1. The van der Waals surface area contributed by atoms with Crippen LogP contribution in [0.1, 0.15) is 11.4 Å². The van der Waals surface area contributed by atoms with E-state index >= 15 is 0 Å². The van der Waals surface area contributed by atoms with E-state index < -0.39 is 0 Å². The highest BCUT2D eigenvalue weighted by Crippen LogP contribution is 2.26. The number of anilines is 1. The van der Waals surface area contributed by atoms with E-state index in [0.29, 0.717) is 18.2 Å². The molecule has 20 heavy (non-hydrogen) atoms. The molecule has 0 unspecified atom stereocenters. The van der Waals surface area contributed by atoms with Gasteiger partial charge in [0.25, 0.3) is 0 Å². The zero-order chi connectivity index (χ0) is 14.4. The first kappa shape index (κ1) is 15.1. The molecular weight excluding hydrogens is 296 g/mol. The maximum Gasteiger partial charge on any atom is 0.157 e. The second kappa shape index (κ2) is 7.44. The Hall–Kier alpha value is -1.34. The van der Waals surface area contributed by atoms with E-state index in [1.165, 1.54) is 0 Å². The van der Waals surface area contributed by atoms with Crippen molar-refractivity contribution in [3.8, 4) is 0 Å². The standard InChI is InChI=1S/C13H15ClN4OS/c1-19-7-12-16-11(18-15)6-13(17-12)20-8-9-4-2-3-5-10(9)14/h2-6H,7-8,15H2,1H3,(H,16,17,18). The van der Waals surface area contributed by atoms with E-state index in [1.54, 1.807) is 24.9 Å². The summed E-state index contributed by atoms with van der Waals surface area (Å²) in [6, 6.07) is 9.54. The number of ether oxygens (including phenoxy) is 1. The van der Waals surface area contributed by atoms with Crippen LogP contribution in [0.2, 0.25) is 5.02 Å². The van der Waals surface area contributed by atoms with Crippen molar-refractivity contribution in [2.75, 3.05) is 12.5 Å². The normalized spacial score (nSPS) is 10.6. The third kappa shape index (κ3) is 4.08. The van der Waals surface area contributed by atoms with Crippen molar-refractivity contribution in [1.29, 1.82) is 0 Å². The number of hydrogen-bond acceptors (Lipinski definition) is 6. The zero-order valence-electron chi connectivity index (χ0n) is 11.0. The lowest BCUT2D eigenvalue weighted by atomic mass is 10.2. The molecule has 1 heterocycles. The van der Waals surface area contributed by atoms with Crippen molar-refractivity contribution in [3.63, 3.8) is 0 Å². The fourth-order valence-corrected chi connectivity index (χ4v) is 2.78. The number of benzene rings is 1. The van der Waals surface area contributed by atoms with E-state index in [9.17, 15) is 0 Å². The highest BCUT2D eigenvalue weighted by Gasteiger charge is 2.06. The fraction of sp³-hybridized carbons (Fsp3) is 0.231. The van der Waals surface area contributed by atoms with Crippen molar-refractivity contribution in [1.82, 2.24) is 9.97 Å². The molecule has 2 rings (SSSR count). The molecule has 0 atom stereocenters. The third-order valence-electron chi connectivity index (χ3n) is 2.50. The molecule has 1 aromatic heterocycles. The second-order valence-corrected chi connectivity index (χ2v) is 5.37. The van der Waals surface area contributed by atoms with E-state index in [-0.39, 0.29) is 0 Å². The smallest absolute Gasteiger partial charge is 0.157 e. The topological polar surface area (TPSA) is 73.1 Å². The zero-order valence-corrected chi connectivity index (χ0v) is 12.5. The molecular formula is C13H15ClN4OS. The fourth-order valence-electron chi connectivity index (χ4n) is 1.58. The predicted octanol–water partition coefficient (Wildman–Crippen LogP) is 2.85. The quantitative estimate of drug-likeness (QED) is 0.370. The number of thioether (sulfide) groups is 1. The minimum absolute atomic E-state index is 0.342. The van der Waals surface area contributed by atoms with Crippen LogP contribution in [-0.2, 0) is 17.1 Å². The van der Waals surface area contributed by atoms with Gasteiger partial charge in [-0.05, 0) is 11.6 Å². The SMILES string of the molecule is COCc1nc(NN)cc(SCc2ccccc2Cl)n1. The Morgan fingerprint density at radius 3 is 2.85 bits per heavy atom. The maximum absolute atomic E-state index is 6.13. The van der Waals surface area contributed by atoms with Crippen LogP contribution in [0.25, 0.3) is 0 Å². The summed E-state index contributed by atoms with van der Waals surface area (Å²) in [4.78, 5) is 8.61. The van der Waals surface area contributed by atoms with Gasteiger partial charge in [-0.3, -0.25) is 0 Å². The van der Waals surface area contributed by atoms with Gasteiger partial charge in [0, 0.05) is 24.0 Å². The molecule has 0 saturated heterocycles. The third-order valence-corrected chi connectivity index (χ3v) is 3.83. The summed E-state index contributed by atoms with van der Waals surface area (Å²) in [5, 5.41) is 1.57. The average Bonchev–Trinajstić information content (AvgIpc) is 2.46. The lowest BCUT2D eigenvalue weighted by Crippen LogP contribution is -2.11. The van der Waals surface area contributed by atoms with Gasteiger partial charge in [-0.15, -0.1) is 11.8 Å². The first-order valence-corrected chi connectivity index (χ1v) is 7.29. The van der Waals surface area contributed by atoms with E-state index in [1.807, 2.05) is 24.3 Å². The number of hydrazine groups is 1. The average molecular weight is 311 g/mol. The van der Waals surface area contributed by atoms with Crippen LogP contribution in [0, 0.1) is 0 Å². The molecule has 0 aliphatic carbocycles. The number of halogens is 1. The van der Waals surface area contributed by atoms with Crippen LogP contribution in [-0.4, -0.2) is 17.1 Å². The minimum Gasteiger partial charge on any atom is -0.377 e. The lowest BCUT2D eigenvalue weighted by Gasteiger charge is -2.07. The Kier molecular flexibility index (Phi) is 5.60. The Bertz CT molecular complexity index is 582. The van der Waals surface area contributed by atoms with E-state index in [0.717, 1.165) is 21.4 Å². The number of rotatable bonds is 6. The van der Waals surface area contributed by atoms with E-state index in [4.69, 9.17) is 22.2 Å². The number of hydrogen-bond donors (Lipinski definition) is 2. The number of methoxy groups -OCH3 is 1. The van der Waals surface area contributed by atoms with Crippen LogP contribution in [0.3, 0.4) is 0 Å². The monoisotopic (exact) mass is 310 g/mol. The number of nitrogens with zero attached hydrogens (tertiary/aromatic N) is 2. The lowest BCUT2D eigenvalue weighted by molar-refractivity contribution is 0.177. The Labute approximate surface area is 126 Å². The largest absolute Gasteiger partial charge is 0.377 e. The molecule has 3 N–H and O–H groups in total. The molecule has 5 nitrogen and oxygen atoms in total. The Morgan fingerprint density at radius 2 is 2.15 bits per heavy atom. The molecule has 0 amide bonds. The highest BCUT2D eigenvalue weighted by molar-refractivity contribution is 7.98. The van der Waals surface area contributed by atoms with Crippen LogP contribution in [0.5, 0.6) is 0 Å². The van der Waals surface area contributed by atoms with Crippen molar-refractivity contribution >= 4 is 29.2 Å². The first-order valence-electron chi connectivity index (χ1n) is 5.92. The summed E-state index contributed by atoms with van der Waals surface area (Å²) >= 11 is 7.70. The first-order chi connectivity index (χ1) is 9.72. The molecule has 1 aromatic carbocycles. The molecule has 0 aliphatic heterocycles. The summed E-state index contributed by atoms with van der Waals surface area (Å²) < 4.78 is 5.04. The molecule has 0 radical (unpaired) electrons. The summed E-state index contributed by atoms with van der Waals surface area (Å²) in [5.74, 6) is 7.28. The molecule has 0 aliphatic rings. The van der Waals surface area contributed by atoms with Crippen LogP contribution in [0.15, 0.2) is 35.4 Å². The molecule has 0 fully saturated rings. The van der Waals surface area contributed by atoms with Crippen molar-refractivity contribution < 1.29 is 4.74 Å². The summed E-state index contributed by atoms with van der Waals surface area (Å²) in [6.45, 7) is 0.342. The maximum atomic E-state index is 6.13. The van der Waals surface area contributed by atoms with Crippen molar-refractivity contribution in [2.45, 2.75) is 17.4 Å². The minimum atomic E-state index is 0.342.